The van der Waals surface area contributed by atoms with E-state index in [2.05, 4.69) is 0 Å². The number of nitriles is 1. The zero-order chi connectivity index (χ0) is 18.0. The molecule has 1 aromatic rings. The van der Waals surface area contributed by atoms with Crippen molar-refractivity contribution in [3.8, 4) is 6.07 Å². The summed E-state index contributed by atoms with van der Waals surface area (Å²) < 4.78 is 1.70. The molecular weight excluding hydrogens is 314 g/mol. The Morgan fingerprint density at radius 3 is 1.87 bits per heavy atom. The lowest BCUT2D eigenvalue weighted by atomic mass is 9.81. The van der Waals surface area contributed by atoms with E-state index in [0.717, 1.165) is 0 Å². The molecule has 0 saturated carbocycles. The Hall–Kier alpha value is -0.995. The molecule has 1 aromatic carbocycles. The van der Waals surface area contributed by atoms with Gasteiger partial charge in [0.2, 0.25) is 0 Å². The fraction of sp³-hybridized carbons (Fsp3) is 0.533. The minimum atomic E-state index is -3.07. The van der Waals surface area contributed by atoms with Crippen LogP contribution in [0.3, 0.4) is 0 Å². The lowest BCUT2D eigenvalue weighted by molar-refractivity contribution is 0.239. The van der Waals surface area contributed by atoms with Gasteiger partial charge >= 0.3 is 15.0 Å². The highest BCUT2D eigenvalue weighted by Crippen LogP contribution is 2.56. The number of nitrogens with zero attached hydrogens (tertiary/aromatic N) is 2. The smallest absolute Gasteiger partial charge is 0.423 e. The normalized spacial score (nSPS) is 11.2. The van der Waals surface area contributed by atoms with E-state index in [9.17, 15) is 9.79 Å². The van der Waals surface area contributed by atoms with Crippen molar-refractivity contribution in [2.24, 2.45) is 0 Å². The Morgan fingerprint density at radius 1 is 1.09 bits per heavy atom. The van der Waals surface area contributed by atoms with Crippen LogP contribution in [-0.2, 0) is 0 Å². The van der Waals surface area contributed by atoms with E-state index in [-0.39, 0.29) is 24.7 Å². The second-order valence-corrected chi connectivity index (χ2v) is 7.97. The summed E-state index contributed by atoms with van der Waals surface area (Å²) in [6.07, 6.45) is 0.358. The lowest BCUT2D eigenvalue weighted by Crippen LogP contribution is -2.37. The van der Waals surface area contributed by atoms with Gasteiger partial charge in [0.25, 0.3) is 0 Å². The third-order valence-corrected chi connectivity index (χ3v) is 5.54. The first-order chi connectivity index (χ1) is 10.6. The molecule has 23 heavy (non-hydrogen) atoms. The molecule has 0 aromatic heterocycles. The minimum Gasteiger partial charge on any atom is -0.423 e. The molecule has 1 rings (SSSR count). The van der Waals surface area contributed by atoms with Crippen LogP contribution in [0.4, 0.5) is 0 Å². The summed E-state index contributed by atoms with van der Waals surface area (Å²) in [6, 6.07) is 10.8. The molecule has 6 nitrogen and oxygen atoms in total. The van der Waals surface area contributed by atoms with Gasteiger partial charge in [-0.1, -0.05) is 30.3 Å². The van der Waals surface area contributed by atoms with Gasteiger partial charge in [-0.15, -0.1) is 4.67 Å². The predicted octanol–water partition coefficient (Wildman–Crippen LogP) is 1.13. The van der Waals surface area contributed by atoms with Crippen molar-refractivity contribution < 1.29 is 19.8 Å². The van der Waals surface area contributed by atoms with Crippen LogP contribution in [0.2, 0.25) is 0 Å². The lowest BCUT2D eigenvalue weighted by Gasteiger charge is -2.31. The van der Waals surface area contributed by atoms with Gasteiger partial charge in [0.15, 0.2) is 0 Å². The predicted molar refractivity (Wildman–Crippen MR) is 94.8 cm³/mol. The van der Waals surface area contributed by atoms with Gasteiger partial charge in [-0.25, -0.2) is 9.79 Å². The van der Waals surface area contributed by atoms with E-state index >= 15 is 0 Å². The zero-order valence-electron chi connectivity index (χ0n) is 14.2. The van der Waals surface area contributed by atoms with Gasteiger partial charge in [-0.05, 0) is 33.2 Å². The van der Waals surface area contributed by atoms with Crippen LogP contribution in [0.1, 0.15) is 34.1 Å². The van der Waals surface area contributed by atoms with Crippen molar-refractivity contribution in [3.63, 3.8) is 0 Å². The van der Waals surface area contributed by atoms with Crippen molar-refractivity contribution in [2.45, 2.75) is 46.2 Å². The van der Waals surface area contributed by atoms with Gasteiger partial charge in [-0.2, -0.15) is 5.26 Å². The van der Waals surface area contributed by atoms with Gasteiger partial charge in [0.1, 0.15) is 6.16 Å². The van der Waals surface area contributed by atoms with E-state index in [1.165, 1.54) is 0 Å². The summed E-state index contributed by atoms with van der Waals surface area (Å²) in [7, 11) is -4.41. The zero-order valence-corrected chi connectivity index (χ0v) is 15.1. The molecule has 0 saturated heterocycles. The summed E-state index contributed by atoms with van der Waals surface area (Å²) in [6.45, 7) is 7.70. The molecule has 0 unspecified atom stereocenters. The molecule has 0 radical (unpaired) electrons. The van der Waals surface area contributed by atoms with Gasteiger partial charge < -0.3 is 10.0 Å². The molecule has 0 heterocycles. The van der Waals surface area contributed by atoms with Crippen LogP contribution in [0.15, 0.2) is 30.3 Å². The van der Waals surface area contributed by atoms with Crippen molar-refractivity contribution in [1.82, 2.24) is 4.67 Å². The monoisotopic (exact) mass is 341 g/mol. The van der Waals surface area contributed by atoms with Crippen molar-refractivity contribution in [2.75, 3.05) is 6.16 Å². The average Bonchev–Trinajstić information content (AvgIpc) is 2.45. The molecular formula is C15H27BN2O4P+. The summed E-state index contributed by atoms with van der Waals surface area (Å²) in [5, 5.41) is 25.6. The molecule has 128 valence electrons. The second-order valence-electron chi connectivity index (χ2n) is 5.68. The highest BCUT2D eigenvalue weighted by molar-refractivity contribution is 7.62. The third kappa shape index (κ3) is 8.43. The van der Waals surface area contributed by atoms with Crippen LogP contribution < -0.4 is 5.46 Å². The maximum absolute atomic E-state index is 9.89. The van der Waals surface area contributed by atoms with Crippen molar-refractivity contribution >= 4 is 20.4 Å². The highest BCUT2D eigenvalue weighted by atomic mass is 31.2. The highest BCUT2D eigenvalue weighted by Gasteiger charge is 2.44. The molecule has 0 atom stereocenters. The first-order valence-electron chi connectivity index (χ1n) is 7.53. The SMILES string of the molecule is CC(C)N(C(C)C)[P+](O)(O)CCC#N.OB(O)c1ccccc1. The van der Waals surface area contributed by atoms with Crippen molar-refractivity contribution in [1.29, 1.82) is 5.26 Å². The molecule has 0 aliphatic carbocycles. The number of rotatable bonds is 6. The van der Waals surface area contributed by atoms with Crippen LogP contribution in [-0.4, -0.2) is 49.9 Å². The fourth-order valence-electron chi connectivity index (χ4n) is 2.28. The Labute approximate surface area is 139 Å². The van der Waals surface area contributed by atoms with E-state index in [1.807, 2.05) is 39.8 Å². The summed E-state index contributed by atoms with van der Waals surface area (Å²) >= 11 is 0. The Morgan fingerprint density at radius 2 is 1.57 bits per heavy atom. The van der Waals surface area contributed by atoms with E-state index < -0.39 is 15.0 Å². The fourth-order valence-corrected chi connectivity index (χ4v) is 4.39. The van der Waals surface area contributed by atoms with Crippen LogP contribution in [0.5, 0.6) is 0 Å². The quantitative estimate of drug-likeness (QED) is 0.456. The minimum absolute atomic E-state index is 0.0806. The molecule has 4 N–H and O–H groups in total. The first-order valence-corrected chi connectivity index (χ1v) is 9.37. The molecule has 0 bridgehead atoms. The maximum atomic E-state index is 9.89. The molecule has 0 spiro atoms. The summed E-state index contributed by atoms with van der Waals surface area (Å²) in [5.74, 6) is 0. The Kier molecular flexibility index (Phi) is 10.3. The third-order valence-electron chi connectivity index (χ3n) is 3.05. The topological polar surface area (TPSA) is 108 Å². The van der Waals surface area contributed by atoms with Gasteiger partial charge in [0, 0.05) is 12.1 Å². The molecule has 0 fully saturated rings. The van der Waals surface area contributed by atoms with E-state index in [0.29, 0.717) is 5.46 Å². The first kappa shape index (κ1) is 22.0. The van der Waals surface area contributed by atoms with Gasteiger partial charge in [0.05, 0.1) is 12.5 Å². The molecule has 8 heteroatoms. The van der Waals surface area contributed by atoms with Crippen molar-refractivity contribution in [3.05, 3.63) is 30.3 Å². The standard InChI is InChI=1S/C9H20N2O2P.C6H7BO2/c1-8(2)11(9(3)4)14(12,13)7-5-6-10;8-7(9)6-4-2-1-3-5-6/h8-9,12-13H,5,7H2,1-4H3;1-5,8-9H/q+1;. The number of benzene rings is 1. The number of hydrogen-bond acceptors (Lipinski definition) is 6. The van der Waals surface area contributed by atoms with Crippen LogP contribution in [0, 0.1) is 11.3 Å². The van der Waals surface area contributed by atoms with Crippen LogP contribution in [0.25, 0.3) is 0 Å². The van der Waals surface area contributed by atoms with Gasteiger partial charge in [-0.3, -0.25) is 0 Å². The van der Waals surface area contributed by atoms with Crippen LogP contribution >= 0.6 is 7.87 Å². The summed E-state index contributed by atoms with van der Waals surface area (Å²) in [5.41, 5.74) is 0.525. The Bertz CT molecular complexity index is 470. The largest absolute Gasteiger partial charge is 0.488 e. The average molecular weight is 341 g/mol. The van der Waals surface area contributed by atoms with E-state index in [1.54, 1.807) is 28.9 Å². The molecule has 0 aliphatic heterocycles. The Balaban J connectivity index is 0.000000459. The maximum Gasteiger partial charge on any atom is 0.488 e. The molecule has 0 aliphatic rings. The second kappa shape index (κ2) is 10.7. The number of hydrogen-bond donors (Lipinski definition) is 4. The summed E-state index contributed by atoms with van der Waals surface area (Å²) in [4.78, 5) is 19.8. The van der Waals surface area contributed by atoms with E-state index in [4.69, 9.17) is 15.3 Å². The molecule has 0 amide bonds.